The third-order valence-corrected chi connectivity index (χ3v) is 5.87. The van der Waals surface area contributed by atoms with Gasteiger partial charge in [-0.3, -0.25) is 9.59 Å². The smallest absolute Gasteiger partial charge is 0.254 e. The minimum absolute atomic E-state index is 0.00105. The number of carbonyl (C=O) groups excluding carboxylic acids is 2. The molecule has 1 saturated heterocycles. The highest BCUT2D eigenvalue weighted by molar-refractivity contribution is 5.98. The summed E-state index contributed by atoms with van der Waals surface area (Å²) in [6.07, 6.45) is 4.99. The summed E-state index contributed by atoms with van der Waals surface area (Å²) < 4.78 is 0. The number of H-pyrrole nitrogens is 1. The molecule has 1 fully saturated rings. The van der Waals surface area contributed by atoms with Gasteiger partial charge in [0.2, 0.25) is 0 Å². The molecule has 1 aliphatic heterocycles. The number of aromatic nitrogens is 2. The van der Waals surface area contributed by atoms with Crippen LogP contribution in [0.15, 0.2) is 42.7 Å². The zero-order valence-electron chi connectivity index (χ0n) is 15.6. The lowest BCUT2D eigenvalue weighted by atomic mass is 10.1. The van der Waals surface area contributed by atoms with Gasteiger partial charge in [-0.05, 0) is 60.7 Å². The molecular formula is C22H22N4O2. The largest absolute Gasteiger partial charge is 0.345 e. The van der Waals surface area contributed by atoms with E-state index in [1.165, 1.54) is 17.5 Å². The lowest BCUT2D eigenvalue weighted by Crippen LogP contribution is -2.50. The zero-order valence-corrected chi connectivity index (χ0v) is 15.6. The van der Waals surface area contributed by atoms with Crippen LogP contribution >= 0.6 is 0 Å². The Hall–Kier alpha value is -3.15. The Morgan fingerprint density at radius 3 is 2.21 bits per heavy atom. The van der Waals surface area contributed by atoms with E-state index in [0.717, 1.165) is 29.4 Å². The molecule has 1 N–H and O–H groups in total. The first-order chi connectivity index (χ1) is 13.7. The van der Waals surface area contributed by atoms with E-state index in [-0.39, 0.29) is 11.8 Å². The number of hydrogen-bond donors (Lipinski definition) is 1. The summed E-state index contributed by atoms with van der Waals surface area (Å²) in [6, 6.07) is 11.6. The van der Waals surface area contributed by atoms with Gasteiger partial charge >= 0.3 is 0 Å². The molecule has 5 rings (SSSR count). The highest BCUT2D eigenvalue weighted by Crippen LogP contribution is 2.24. The summed E-state index contributed by atoms with van der Waals surface area (Å²) in [5.41, 5.74) is 5.81. The number of piperazine rings is 1. The topological polar surface area (TPSA) is 69.3 Å². The van der Waals surface area contributed by atoms with E-state index < -0.39 is 0 Å². The van der Waals surface area contributed by atoms with Crippen molar-refractivity contribution >= 4 is 22.8 Å². The molecule has 0 radical (unpaired) electrons. The van der Waals surface area contributed by atoms with Crippen molar-refractivity contribution in [1.29, 1.82) is 0 Å². The SMILES string of the molecule is O=C(c1ccc2c(c1)CCC2)N1CCN(C(=O)c2ccc3nc[nH]c3c2)CC1. The predicted octanol–water partition coefficient (Wildman–Crippen LogP) is 2.65. The highest BCUT2D eigenvalue weighted by atomic mass is 16.2. The van der Waals surface area contributed by atoms with Crippen molar-refractivity contribution in [2.24, 2.45) is 0 Å². The Kier molecular flexibility index (Phi) is 4.11. The Balaban J connectivity index is 1.25. The second-order valence-electron chi connectivity index (χ2n) is 7.56. The monoisotopic (exact) mass is 374 g/mol. The van der Waals surface area contributed by atoms with Gasteiger partial charge in [0.05, 0.1) is 17.4 Å². The lowest BCUT2D eigenvalue weighted by Gasteiger charge is -2.35. The van der Waals surface area contributed by atoms with E-state index in [1.807, 2.05) is 34.1 Å². The molecule has 6 nitrogen and oxygen atoms in total. The van der Waals surface area contributed by atoms with E-state index in [4.69, 9.17) is 0 Å². The fourth-order valence-electron chi connectivity index (χ4n) is 4.25. The molecule has 2 amide bonds. The summed E-state index contributed by atoms with van der Waals surface area (Å²) in [5, 5.41) is 0. The summed E-state index contributed by atoms with van der Waals surface area (Å²) in [5.74, 6) is 0.0711. The summed E-state index contributed by atoms with van der Waals surface area (Å²) in [7, 11) is 0. The Morgan fingerprint density at radius 2 is 1.46 bits per heavy atom. The zero-order chi connectivity index (χ0) is 19.1. The number of nitrogens with zero attached hydrogens (tertiary/aromatic N) is 3. The molecule has 1 aliphatic carbocycles. The minimum atomic E-state index is 0.00105. The molecule has 0 saturated carbocycles. The maximum atomic E-state index is 12.9. The van der Waals surface area contributed by atoms with Crippen LogP contribution in [0.25, 0.3) is 11.0 Å². The minimum Gasteiger partial charge on any atom is -0.345 e. The predicted molar refractivity (Wildman–Crippen MR) is 106 cm³/mol. The number of carbonyl (C=O) groups is 2. The van der Waals surface area contributed by atoms with E-state index in [0.29, 0.717) is 31.7 Å². The molecule has 28 heavy (non-hydrogen) atoms. The van der Waals surface area contributed by atoms with E-state index >= 15 is 0 Å². The lowest BCUT2D eigenvalue weighted by molar-refractivity contribution is 0.0535. The van der Waals surface area contributed by atoms with Crippen LogP contribution in [0.4, 0.5) is 0 Å². The van der Waals surface area contributed by atoms with Crippen molar-refractivity contribution in [3.05, 3.63) is 65.0 Å². The molecule has 3 aromatic rings. The number of hydrogen-bond acceptors (Lipinski definition) is 3. The number of nitrogens with one attached hydrogen (secondary N) is 1. The molecule has 142 valence electrons. The molecule has 0 atom stereocenters. The van der Waals surface area contributed by atoms with Crippen molar-refractivity contribution in [3.8, 4) is 0 Å². The van der Waals surface area contributed by atoms with Gasteiger partial charge in [0, 0.05) is 37.3 Å². The van der Waals surface area contributed by atoms with Gasteiger partial charge in [-0.15, -0.1) is 0 Å². The second-order valence-corrected chi connectivity index (χ2v) is 7.56. The maximum Gasteiger partial charge on any atom is 0.254 e. The summed E-state index contributed by atoms with van der Waals surface area (Å²) in [6.45, 7) is 2.23. The Labute approximate surface area is 163 Å². The van der Waals surface area contributed by atoms with Crippen molar-refractivity contribution in [3.63, 3.8) is 0 Å². The van der Waals surface area contributed by atoms with Crippen molar-refractivity contribution < 1.29 is 9.59 Å². The third kappa shape index (κ3) is 2.95. The standard InChI is InChI=1S/C22H22N4O2/c27-21(17-5-4-15-2-1-3-16(15)12-17)25-8-10-26(11-9-25)22(28)18-6-7-19-20(13-18)24-14-23-19/h4-7,12-14H,1-3,8-11H2,(H,23,24). The molecule has 2 aromatic carbocycles. The van der Waals surface area contributed by atoms with Crippen molar-refractivity contribution in [1.82, 2.24) is 19.8 Å². The first-order valence-electron chi connectivity index (χ1n) is 9.82. The van der Waals surface area contributed by atoms with Crippen LogP contribution < -0.4 is 0 Å². The Bertz CT molecular complexity index is 1060. The van der Waals surface area contributed by atoms with Gasteiger partial charge in [-0.25, -0.2) is 4.98 Å². The number of aromatic amines is 1. The van der Waals surface area contributed by atoms with Crippen LogP contribution in [-0.2, 0) is 12.8 Å². The van der Waals surface area contributed by atoms with Crippen LogP contribution in [0, 0.1) is 0 Å². The molecule has 0 bridgehead atoms. The molecule has 0 spiro atoms. The van der Waals surface area contributed by atoms with Crippen LogP contribution in [0.2, 0.25) is 0 Å². The molecule has 2 heterocycles. The van der Waals surface area contributed by atoms with Crippen molar-refractivity contribution in [2.45, 2.75) is 19.3 Å². The number of rotatable bonds is 2. The fourth-order valence-corrected chi connectivity index (χ4v) is 4.25. The molecule has 0 unspecified atom stereocenters. The average Bonchev–Trinajstić information content (AvgIpc) is 3.40. The average molecular weight is 374 g/mol. The van der Waals surface area contributed by atoms with Crippen LogP contribution in [0.3, 0.4) is 0 Å². The van der Waals surface area contributed by atoms with Gasteiger partial charge in [0.15, 0.2) is 0 Å². The van der Waals surface area contributed by atoms with Gasteiger partial charge < -0.3 is 14.8 Å². The number of imidazole rings is 1. The number of fused-ring (bicyclic) bond motifs is 2. The highest BCUT2D eigenvalue weighted by Gasteiger charge is 2.26. The third-order valence-electron chi connectivity index (χ3n) is 5.87. The van der Waals surface area contributed by atoms with E-state index in [9.17, 15) is 9.59 Å². The quantitative estimate of drug-likeness (QED) is 0.750. The van der Waals surface area contributed by atoms with Crippen LogP contribution in [0.5, 0.6) is 0 Å². The normalized spacial score (nSPS) is 16.4. The first kappa shape index (κ1) is 17.0. The maximum absolute atomic E-state index is 12.9. The first-order valence-corrected chi connectivity index (χ1v) is 9.82. The second kappa shape index (κ2) is 6.78. The fraction of sp³-hybridized carbons (Fsp3) is 0.318. The number of aryl methyl sites for hydroxylation is 2. The molecule has 6 heteroatoms. The van der Waals surface area contributed by atoms with Crippen LogP contribution in [0.1, 0.15) is 38.3 Å². The molecule has 1 aromatic heterocycles. The van der Waals surface area contributed by atoms with Crippen molar-refractivity contribution in [2.75, 3.05) is 26.2 Å². The van der Waals surface area contributed by atoms with Crippen LogP contribution in [-0.4, -0.2) is 57.8 Å². The van der Waals surface area contributed by atoms with Gasteiger partial charge in [0.1, 0.15) is 0 Å². The van der Waals surface area contributed by atoms with E-state index in [2.05, 4.69) is 22.1 Å². The van der Waals surface area contributed by atoms with Gasteiger partial charge in [-0.2, -0.15) is 0 Å². The van der Waals surface area contributed by atoms with Gasteiger partial charge in [-0.1, -0.05) is 6.07 Å². The number of amides is 2. The molecular weight excluding hydrogens is 352 g/mol. The van der Waals surface area contributed by atoms with Gasteiger partial charge in [0.25, 0.3) is 11.8 Å². The summed E-state index contributed by atoms with van der Waals surface area (Å²) in [4.78, 5) is 36.6. The summed E-state index contributed by atoms with van der Waals surface area (Å²) >= 11 is 0. The Morgan fingerprint density at radius 1 is 0.821 bits per heavy atom. The van der Waals surface area contributed by atoms with E-state index in [1.54, 1.807) is 6.33 Å². The number of benzene rings is 2. The molecule has 2 aliphatic rings.